The van der Waals surface area contributed by atoms with Crippen molar-refractivity contribution in [3.05, 3.63) is 41.5 Å². The zero-order valence-electron chi connectivity index (χ0n) is 10.7. The Balaban J connectivity index is 2.09. The molecule has 2 aromatic carbocycles. The largest absolute Gasteiger partial charge is 0.497 e. The summed E-state index contributed by atoms with van der Waals surface area (Å²) in [5.74, 6) is 0.899. The van der Waals surface area contributed by atoms with E-state index < -0.39 is 0 Å². The van der Waals surface area contributed by atoms with E-state index >= 15 is 0 Å². The van der Waals surface area contributed by atoms with Crippen molar-refractivity contribution >= 4 is 23.1 Å². The number of anilines is 2. The number of methoxy groups -OCH3 is 1. The Hall–Kier alpha value is -1.61. The first-order valence-corrected chi connectivity index (χ1v) is 6.73. The minimum absolute atomic E-state index is 0.899. The van der Waals surface area contributed by atoms with E-state index in [-0.39, 0.29) is 0 Å². The van der Waals surface area contributed by atoms with Crippen LogP contribution in [-0.4, -0.2) is 7.11 Å². The summed E-state index contributed by atoms with van der Waals surface area (Å²) >= 11 is 1.80. The number of rotatable bonds is 1. The second-order valence-electron chi connectivity index (χ2n) is 4.54. The van der Waals surface area contributed by atoms with Crippen LogP contribution >= 0.6 is 11.8 Å². The molecule has 0 bridgehead atoms. The molecule has 2 aromatic rings. The Morgan fingerprint density at radius 2 is 1.89 bits per heavy atom. The van der Waals surface area contributed by atoms with Gasteiger partial charge in [0.15, 0.2) is 0 Å². The number of hydrogen-bond donors (Lipinski definition) is 1. The summed E-state index contributed by atoms with van der Waals surface area (Å²) in [4.78, 5) is 2.50. The molecule has 0 unspecified atom stereocenters. The average molecular weight is 257 g/mol. The molecule has 0 aromatic heterocycles. The van der Waals surface area contributed by atoms with E-state index in [1.54, 1.807) is 18.9 Å². The summed E-state index contributed by atoms with van der Waals surface area (Å²) in [6.45, 7) is 4.28. The maximum Gasteiger partial charge on any atom is 0.120 e. The minimum Gasteiger partial charge on any atom is -0.497 e. The summed E-state index contributed by atoms with van der Waals surface area (Å²) in [5, 5.41) is 3.51. The number of aryl methyl sites for hydroxylation is 2. The molecule has 2 nitrogen and oxygen atoms in total. The van der Waals surface area contributed by atoms with Crippen LogP contribution in [-0.2, 0) is 0 Å². The maximum atomic E-state index is 5.27. The molecule has 0 aliphatic carbocycles. The fourth-order valence-corrected chi connectivity index (χ4v) is 3.44. The van der Waals surface area contributed by atoms with Crippen LogP contribution in [0, 0.1) is 13.8 Å². The van der Waals surface area contributed by atoms with Gasteiger partial charge in [-0.1, -0.05) is 17.8 Å². The van der Waals surface area contributed by atoms with E-state index in [4.69, 9.17) is 4.74 Å². The number of nitrogens with one attached hydrogen (secondary N) is 1. The molecule has 0 atom stereocenters. The number of hydrogen-bond acceptors (Lipinski definition) is 3. The van der Waals surface area contributed by atoms with Crippen LogP contribution in [0.2, 0.25) is 0 Å². The normalized spacial score (nSPS) is 12.4. The third-order valence-corrected chi connectivity index (χ3v) is 4.21. The zero-order chi connectivity index (χ0) is 12.7. The van der Waals surface area contributed by atoms with Gasteiger partial charge in [0, 0.05) is 9.79 Å². The fourth-order valence-electron chi connectivity index (χ4n) is 2.24. The predicted molar refractivity (Wildman–Crippen MR) is 76.3 cm³/mol. The van der Waals surface area contributed by atoms with Crippen LogP contribution in [0.3, 0.4) is 0 Å². The summed E-state index contributed by atoms with van der Waals surface area (Å²) in [6, 6.07) is 10.6. The Bertz CT molecular complexity index is 622. The Morgan fingerprint density at radius 3 is 2.67 bits per heavy atom. The lowest BCUT2D eigenvalue weighted by molar-refractivity contribution is 0.414. The van der Waals surface area contributed by atoms with E-state index in [1.807, 2.05) is 6.07 Å². The van der Waals surface area contributed by atoms with Crippen molar-refractivity contribution in [3.63, 3.8) is 0 Å². The summed E-state index contributed by atoms with van der Waals surface area (Å²) in [7, 11) is 1.70. The van der Waals surface area contributed by atoms with Gasteiger partial charge in [0.2, 0.25) is 0 Å². The third kappa shape index (κ3) is 1.85. The maximum absolute atomic E-state index is 5.27. The molecule has 1 N–H and O–H groups in total. The molecule has 1 aliphatic rings. The van der Waals surface area contributed by atoms with Crippen LogP contribution in [0.5, 0.6) is 5.75 Å². The number of benzene rings is 2. The SMILES string of the molecule is COc1ccc2c(c1)Sc1cc(C)cc(C)c1N2. The smallest absolute Gasteiger partial charge is 0.120 e. The van der Waals surface area contributed by atoms with Gasteiger partial charge in [-0.05, 0) is 49.2 Å². The quantitative estimate of drug-likeness (QED) is 0.692. The molecule has 0 spiro atoms. The second kappa shape index (κ2) is 4.25. The Labute approximate surface area is 111 Å². The van der Waals surface area contributed by atoms with Crippen molar-refractivity contribution in [1.29, 1.82) is 0 Å². The second-order valence-corrected chi connectivity index (χ2v) is 5.63. The molecule has 3 rings (SSSR count). The average Bonchev–Trinajstić information content (AvgIpc) is 2.36. The van der Waals surface area contributed by atoms with E-state index in [9.17, 15) is 0 Å². The predicted octanol–water partition coefficient (Wildman–Crippen LogP) is 4.52. The monoisotopic (exact) mass is 257 g/mol. The lowest BCUT2D eigenvalue weighted by Crippen LogP contribution is -2.02. The molecule has 1 heterocycles. The molecular weight excluding hydrogens is 242 g/mol. The fraction of sp³-hybridized carbons (Fsp3) is 0.200. The molecule has 3 heteroatoms. The van der Waals surface area contributed by atoms with Gasteiger partial charge in [-0.3, -0.25) is 0 Å². The number of ether oxygens (including phenoxy) is 1. The summed E-state index contributed by atoms with van der Waals surface area (Å²) < 4.78 is 5.27. The molecule has 0 saturated heterocycles. The third-order valence-electron chi connectivity index (χ3n) is 3.11. The van der Waals surface area contributed by atoms with Crippen molar-refractivity contribution in [2.45, 2.75) is 23.6 Å². The van der Waals surface area contributed by atoms with Crippen molar-refractivity contribution in [3.8, 4) is 5.75 Å². The Morgan fingerprint density at radius 1 is 1.06 bits per heavy atom. The molecule has 0 fully saturated rings. The van der Waals surface area contributed by atoms with E-state index in [0.717, 1.165) is 11.4 Å². The molecule has 18 heavy (non-hydrogen) atoms. The highest BCUT2D eigenvalue weighted by atomic mass is 32.2. The zero-order valence-corrected chi connectivity index (χ0v) is 11.5. The summed E-state index contributed by atoms with van der Waals surface area (Å²) in [5.41, 5.74) is 4.97. The highest BCUT2D eigenvalue weighted by Gasteiger charge is 2.18. The molecule has 0 saturated carbocycles. The molecule has 1 aliphatic heterocycles. The van der Waals surface area contributed by atoms with Gasteiger partial charge in [0.25, 0.3) is 0 Å². The summed E-state index contributed by atoms with van der Waals surface area (Å²) in [6.07, 6.45) is 0. The number of fused-ring (bicyclic) bond motifs is 2. The van der Waals surface area contributed by atoms with Gasteiger partial charge in [0.05, 0.1) is 18.5 Å². The van der Waals surface area contributed by atoms with Gasteiger partial charge in [-0.25, -0.2) is 0 Å². The van der Waals surface area contributed by atoms with Gasteiger partial charge in [-0.2, -0.15) is 0 Å². The lowest BCUT2D eigenvalue weighted by atomic mass is 10.1. The van der Waals surface area contributed by atoms with E-state index in [1.165, 1.54) is 26.6 Å². The van der Waals surface area contributed by atoms with Gasteiger partial charge in [0.1, 0.15) is 5.75 Å². The van der Waals surface area contributed by atoms with Gasteiger partial charge in [-0.15, -0.1) is 0 Å². The minimum atomic E-state index is 0.899. The lowest BCUT2D eigenvalue weighted by Gasteiger charge is -2.23. The molecular formula is C15H15NOS. The first-order chi connectivity index (χ1) is 8.67. The van der Waals surface area contributed by atoms with E-state index in [0.29, 0.717) is 0 Å². The van der Waals surface area contributed by atoms with Crippen LogP contribution in [0.15, 0.2) is 40.1 Å². The molecule has 0 radical (unpaired) electrons. The highest BCUT2D eigenvalue weighted by molar-refractivity contribution is 7.99. The van der Waals surface area contributed by atoms with Crippen LogP contribution in [0.1, 0.15) is 11.1 Å². The first kappa shape index (κ1) is 11.5. The highest BCUT2D eigenvalue weighted by Crippen LogP contribution is 2.46. The van der Waals surface area contributed by atoms with Gasteiger partial charge < -0.3 is 10.1 Å². The van der Waals surface area contributed by atoms with Gasteiger partial charge >= 0.3 is 0 Å². The van der Waals surface area contributed by atoms with Crippen LogP contribution < -0.4 is 10.1 Å². The van der Waals surface area contributed by atoms with Crippen molar-refractivity contribution < 1.29 is 4.74 Å². The molecule has 92 valence electrons. The van der Waals surface area contributed by atoms with Crippen molar-refractivity contribution in [2.75, 3.05) is 12.4 Å². The van der Waals surface area contributed by atoms with Crippen molar-refractivity contribution in [2.24, 2.45) is 0 Å². The van der Waals surface area contributed by atoms with Crippen molar-refractivity contribution in [1.82, 2.24) is 0 Å². The van der Waals surface area contributed by atoms with Crippen LogP contribution in [0.25, 0.3) is 0 Å². The van der Waals surface area contributed by atoms with Crippen LogP contribution in [0.4, 0.5) is 11.4 Å². The first-order valence-electron chi connectivity index (χ1n) is 5.91. The van der Waals surface area contributed by atoms with E-state index in [2.05, 4.69) is 43.4 Å². The topological polar surface area (TPSA) is 21.3 Å². The standard InChI is InChI=1S/C15H15NOS/c1-9-6-10(2)15-14(7-9)18-13-8-11(17-3)4-5-12(13)16-15/h4-8,16H,1-3H3. The molecule has 0 amide bonds. The Kier molecular flexibility index (Phi) is 2.71.